The van der Waals surface area contributed by atoms with Gasteiger partial charge in [-0.2, -0.15) is 0 Å². The SMILES string of the molecule is CCCCNC(=O)[C@@H](Cc1ccccc1)N(Cc1ccccc1F)C(=O)CN(c1ccccc1OCC)S(=O)(=O)c1ccc(SC)cc1. The number of thioether (sulfide) groups is 1. The summed E-state index contributed by atoms with van der Waals surface area (Å²) >= 11 is 1.47. The fraction of sp³-hybridized carbons (Fsp3) is 0.297. The topological polar surface area (TPSA) is 96.0 Å². The van der Waals surface area contributed by atoms with E-state index in [4.69, 9.17) is 4.74 Å². The Hall–Kier alpha value is -4.35. The van der Waals surface area contributed by atoms with E-state index in [1.165, 1.54) is 34.9 Å². The van der Waals surface area contributed by atoms with Gasteiger partial charge in [0.25, 0.3) is 10.0 Å². The number of carbonyl (C=O) groups is 2. The van der Waals surface area contributed by atoms with E-state index in [1.54, 1.807) is 61.5 Å². The first kappa shape index (κ1) is 36.5. The van der Waals surface area contributed by atoms with Crippen molar-refractivity contribution in [1.29, 1.82) is 0 Å². The molecule has 0 unspecified atom stereocenters. The lowest BCUT2D eigenvalue weighted by molar-refractivity contribution is -0.140. The van der Waals surface area contributed by atoms with Crippen molar-refractivity contribution >= 4 is 39.3 Å². The van der Waals surface area contributed by atoms with E-state index < -0.39 is 40.2 Å². The number of nitrogens with one attached hydrogen (secondary N) is 1. The summed E-state index contributed by atoms with van der Waals surface area (Å²) in [6.45, 7) is 3.52. The predicted molar refractivity (Wildman–Crippen MR) is 189 cm³/mol. The van der Waals surface area contributed by atoms with Gasteiger partial charge in [0.15, 0.2) is 0 Å². The highest BCUT2D eigenvalue weighted by molar-refractivity contribution is 7.98. The predicted octanol–water partition coefficient (Wildman–Crippen LogP) is 6.70. The number of sulfonamides is 1. The van der Waals surface area contributed by atoms with Crippen LogP contribution in [-0.4, -0.2) is 57.1 Å². The number of rotatable bonds is 17. The second-order valence-electron chi connectivity index (χ2n) is 11.1. The van der Waals surface area contributed by atoms with Gasteiger partial charge in [0.05, 0.1) is 17.2 Å². The molecule has 0 aromatic heterocycles. The highest BCUT2D eigenvalue weighted by Gasteiger charge is 2.35. The van der Waals surface area contributed by atoms with Gasteiger partial charge in [-0.25, -0.2) is 12.8 Å². The van der Waals surface area contributed by atoms with Crippen LogP contribution < -0.4 is 14.4 Å². The summed E-state index contributed by atoms with van der Waals surface area (Å²) in [6.07, 6.45) is 3.62. The quantitative estimate of drug-likeness (QED) is 0.0979. The lowest BCUT2D eigenvalue weighted by atomic mass is 10.0. The second kappa shape index (κ2) is 17.7. The summed E-state index contributed by atoms with van der Waals surface area (Å²) in [5.74, 6) is -1.36. The first-order valence-corrected chi connectivity index (χ1v) is 18.6. The monoisotopic (exact) mass is 691 g/mol. The van der Waals surface area contributed by atoms with E-state index in [0.717, 1.165) is 27.6 Å². The number of carbonyl (C=O) groups excluding carboxylic acids is 2. The fourth-order valence-electron chi connectivity index (χ4n) is 5.20. The molecule has 0 radical (unpaired) electrons. The van der Waals surface area contributed by atoms with Crippen molar-refractivity contribution < 1.29 is 27.1 Å². The number of nitrogens with zero attached hydrogens (tertiary/aromatic N) is 2. The molecule has 0 heterocycles. The van der Waals surface area contributed by atoms with Crippen molar-refractivity contribution in [3.63, 3.8) is 0 Å². The van der Waals surface area contributed by atoms with Crippen LogP contribution in [0.15, 0.2) is 113 Å². The molecule has 0 spiro atoms. The molecule has 0 aliphatic rings. The van der Waals surface area contributed by atoms with Crippen molar-refractivity contribution in [2.45, 2.75) is 55.5 Å². The molecular weight excluding hydrogens is 650 g/mol. The number of anilines is 1. The van der Waals surface area contributed by atoms with Crippen molar-refractivity contribution in [1.82, 2.24) is 10.2 Å². The van der Waals surface area contributed by atoms with Crippen molar-refractivity contribution in [2.24, 2.45) is 0 Å². The third-order valence-electron chi connectivity index (χ3n) is 7.76. The molecule has 0 saturated carbocycles. The van der Waals surface area contributed by atoms with Gasteiger partial charge >= 0.3 is 0 Å². The zero-order valence-electron chi connectivity index (χ0n) is 27.5. The summed E-state index contributed by atoms with van der Waals surface area (Å²) in [4.78, 5) is 30.6. The fourth-order valence-corrected chi connectivity index (χ4v) is 7.03. The van der Waals surface area contributed by atoms with Gasteiger partial charge in [-0.15, -0.1) is 11.8 Å². The number of ether oxygens (including phenoxy) is 1. The number of halogens is 1. The zero-order chi connectivity index (χ0) is 34.5. The standard InChI is InChI=1S/C37H42FN3O5S2/c1-4-6-24-39-37(43)34(25-28-14-8-7-9-15-28)40(26-29-16-10-11-17-32(29)38)36(42)27-41(33-18-12-13-19-35(33)46-5-2)48(44,45)31-22-20-30(47-3)21-23-31/h7-23,34H,4-6,24-27H2,1-3H3,(H,39,43)/t34-/m1/s1. The molecule has 4 rings (SSSR count). The molecular formula is C37H42FN3O5S2. The van der Waals surface area contributed by atoms with Crippen molar-refractivity contribution in [3.8, 4) is 5.75 Å². The molecule has 4 aromatic rings. The van der Waals surface area contributed by atoms with Gasteiger partial charge < -0.3 is 15.0 Å². The second-order valence-corrected chi connectivity index (χ2v) is 13.8. The van der Waals surface area contributed by atoms with Gasteiger partial charge in [0.2, 0.25) is 11.8 Å². The minimum Gasteiger partial charge on any atom is -0.492 e. The Balaban J connectivity index is 1.83. The molecule has 0 aliphatic heterocycles. The minimum absolute atomic E-state index is 0.0156. The Morgan fingerprint density at radius 3 is 2.23 bits per heavy atom. The average Bonchev–Trinajstić information content (AvgIpc) is 3.10. The van der Waals surface area contributed by atoms with Crippen LogP contribution in [0.3, 0.4) is 0 Å². The lowest BCUT2D eigenvalue weighted by Crippen LogP contribution is -2.53. The van der Waals surface area contributed by atoms with Crippen LogP contribution in [0.25, 0.3) is 0 Å². The first-order valence-electron chi connectivity index (χ1n) is 15.9. The van der Waals surface area contributed by atoms with E-state index in [0.29, 0.717) is 6.54 Å². The molecule has 8 nitrogen and oxygen atoms in total. The summed E-state index contributed by atoms with van der Waals surface area (Å²) in [6, 6.07) is 27.2. The lowest BCUT2D eigenvalue weighted by Gasteiger charge is -2.34. The Bertz CT molecular complexity index is 1750. The molecule has 0 aliphatic carbocycles. The molecule has 48 heavy (non-hydrogen) atoms. The first-order chi connectivity index (χ1) is 23.2. The number of para-hydroxylation sites is 2. The molecule has 0 bridgehead atoms. The molecule has 11 heteroatoms. The maximum absolute atomic E-state index is 15.1. The van der Waals surface area contributed by atoms with Crippen LogP contribution in [0.1, 0.15) is 37.8 Å². The van der Waals surface area contributed by atoms with Crippen LogP contribution in [0, 0.1) is 5.82 Å². The van der Waals surface area contributed by atoms with Gasteiger partial charge in [-0.1, -0.05) is 74.0 Å². The number of hydrogen-bond acceptors (Lipinski definition) is 6. The molecule has 0 saturated heterocycles. The smallest absolute Gasteiger partial charge is 0.264 e. The Morgan fingerprint density at radius 2 is 1.56 bits per heavy atom. The van der Waals surface area contributed by atoms with E-state index in [-0.39, 0.29) is 41.5 Å². The molecule has 4 aromatic carbocycles. The number of amides is 2. The van der Waals surface area contributed by atoms with Crippen molar-refractivity contribution in [3.05, 3.63) is 120 Å². The minimum atomic E-state index is -4.33. The van der Waals surface area contributed by atoms with Gasteiger partial charge in [0.1, 0.15) is 24.2 Å². The van der Waals surface area contributed by atoms with Gasteiger partial charge in [0, 0.05) is 30.0 Å². The summed E-state index contributed by atoms with van der Waals surface area (Å²) in [5.41, 5.74) is 1.15. The van der Waals surface area contributed by atoms with Crippen molar-refractivity contribution in [2.75, 3.05) is 30.3 Å². The maximum Gasteiger partial charge on any atom is 0.264 e. The molecule has 1 N–H and O–H groups in total. The normalized spacial score (nSPS) is 11.8. The zero-order valence-corrected chi connectivity index (χ0v) is 29.1. The van der Waals surface area contributed by atoms with Crippen LogP contribution in [-0.2, 0) is 32.6 Å². The van der Waals surface area contributed by atoms with Gasteiger partial charge in [-0.05, 0) is 67.6 Å². The maximum atomic E-state index is 15.1. The summed E-state index contributed by atoms with van der Waals surface area (Å²) < 4.78 is 50.7. The Morgan fingerprint density at radius 1 is 0.896 bits per heavy atom. The summed E-state index contributed by atoms with van der Waals surface area (Å²) in [5, 5.41) is 2.94. The third-order valence-corrected chi connectivity index (χ3v) is 10.3. The Kier molecular flexibility index (Phi) is 13.5. The van der Waals surface area contributed by atoms with Gasteiger partial charge in [-0.3, -0.25) is 13.9 Å². The van der Waals surface area contributed by atoms with E-state index in [1.807, 2.05) is 43.5 Å². The number of hydrogen-bond donors (Lipinski definition) is 1. The highest BCUT2D eigenvalue weighted by Crippen LogP contribution is 2.33. The van der Waals surface area contributed by atoms with Crippen LogP contribution in [0.5, 0.6) is 5.75 Å². The average molecular weight is 692 g/mol. The number of unbranched alkanes of at least 4 members (excludes halogenated alkanes) is 1. The number of benzene rings is 4. The Labute approximate surface area is 287 Å². The largest absolute Gasteiger partial charge is 0.492 e. The van der Waals surface area contributed by atoms with Crippen LogP contribution in [0.4, 0.5) is 10.1 Å². The molecule has 254 valence electrons. The molecule has 0 fully saturated rings. The van der Waals surface area contributed by atoms with E-state index in [2.05, 4.69) is 5.32 Å². The van der Waals surface area contributed by atoms with Crippen LogP contribution >= 0.6 is 11.8 Å². The van der Waals surface area contributed by atoms with E-state index in [9.17, 15) is 18.0 Å². The third kappa shape index (κ3) is 9.38. The molecule has 1 atom stereocenters. The van der Waals surface area contributed by atoms with E-state index >= 15 is 4.39 Å². The van der Waals surface area contributed by atoms with Crippen LogP contribution in [0.2, 0.25) is 0 Å². The summed E-state index contributed by atoms with van der Waals surface area (Å²) in [7, 11) is -4.33. The molecule has 2 amide bonds. The highest BCUT2D eigenvalue weighted by atomic mass is 32.2.